The fraction of sp³-hybridized carbons (Fsp3) is 0.462. The van der Waals surface area contributed by atoms with Crippen LogP contribution >= 0.6 is 27.5 Å². The molecule has 3 rings (SSSR count). The Morgan fingerprint density at radius 1 is 1.47 bits per heavy atom. The van der Waals surface area contributed by atoms with Crippen LogP contribution in [-0.2, 0) is 5.88 Å². The van der Waals surface area contributed by atoms with Gasteiger partial charge in [-0.05, 0) is 37.0 Å². The van der Waals surface area contributed by atoms with Crippen molar-refractivity contribution in [2.75, 3.05) is 0 Å². The van der Waals surface area contributed by atoms with Crippen LogP contribution in [0.2, 0.25) is 0 Å². The maximum absolute atomic E-state index is 6.01. The maximum Gasteiger partial charge on any atom is 0.125 e. The number of fused-ring (bicyclic) bond motifs is 1. The molecule has 1 fully saturated rings. The Hall–Kier alpha value is -0.540. The fourth-order valence-electron chi connectivity index (χ4n) is 2.69. The van der Waals surface area contributed by atoms with Crippen LogP contribution in [0.1, 0.15) is 31.6 Å². The van der Waals surface area contributed by atoms with Crippen molar-refractivity contribution in [3.8, 4) is 0 Å². The van der Waals surface area contributed by atoms with E-state index in [9.17, 15) is 0 Å². The van der Waals surface area contributed by atoms with Gasteiger partial charge in [-0.15, -0.1) is 11.6 Å². The van der Waals surface area contributed by atoms with E-state index < -0.39 is 0 Å². The molecular formula is C13H14BrClN2. The Labute approximate surface area is 114 Å². The summed E-state index contributed by atoms with van der Waals surface area (Å²) in [6.07, 6.45) is 2.48. The molecule has 1 aromatic heterocycles. The van der Waals surface area contributed by atoms with Gasteiger partial charge in [0.1, 0.15) is 5.82 Å². The molecule has 0 spiro atoms. The van der Waals surface area contributed by atoms with Gasteiger partial charge in [0.25, 0.3) is 0 Å². The van der Waals surface area contributed by atoms with Gasteiger partial charge in [0.2, 0.25) is 0 Å². The first-order valence-electron chi connectivity index (χ1n) is 5.91. The van der Waals surface area contributed by atoms with Crippen molar-refractivity contribution >= 4 is 38.6 Å². The monoisotopic (exact) mass is 312 g/mol. The van der Waals surface area contributed by atoms with Gasteiger partial charge >= 0.3 is 0 Å². The zero-order valence-corrected chi connectivity index (χ0v) is 12.0. The SMILES string of the molecule is CC1CC(n2c(CCl)nc3ccc(Br)cc32)C1. The zero-order chi connectivity index (χ0) is 12.0. The number of rotatable bonds is 2. The summed E-state index contributed by atoms with van der Waals surface area (Å²) in [6, 6.07) is 6.80. The van der Waals surface area contributed by atoms with E-state index in [4.69, 9.17) is 11.6 Å². The zero-order valence-electron chi connectivity index (χ0n) is 9.66. The summed E-state index contributed by atoms with van der Waals surface area (Å²) >= 11 is 9.53. The summed E-state index contributed by atoms with van der Waals surface area (Å²) in [5.41, 5.74) is 2.25. The third-order valence-corrected chi connectivity index (χ3v) is 4.29. The minimum Gasteiger partial charge on any atom is -0.324 e. The standard InChI is InChI=1S/C13H14BrClN2/c1-8-4-10(5-8)17-12-6-9(14)2-3-11(12)16-13(17)7-15/h2-3,6,8,10H,4-5,7H2,1H3. The third-order valence-electron chi connectivity index (χ3n) is 3.56. The van der Waals surface area contributed by atoms with E-state index in [0.29, 0.717) is 11.9 Å². The van der Waals surface area contributed by atoms with Crippen LogP contribution in [0.4, 0.5) is 0 Å². The van der Waals surface area contributed by atoms with Gasteiger partial charge in [0.15, 0.2) is 0 Å². The molecule has 0 atom stereocenters. The lowest BCUT2D eigenvalue weighted by Crippen LogP contribution is -2.25. The van der Waals surface area contributed by atoms with E-state index in [0.717, 1.165) is 21.7 Å². The first-order valence-corrected chi connectivity index (χ1v) is 7.24. The summed E-state index contributed by atoms with van der Waals surface area (Å²) in [5, 5.41) is 0. The summed E-state index contributed by atoms with van der Waals surface area (Å²) in [5.74, 6) is 2.31. The molecule has 0 saturated heterocycles. The predicted octanol–water partition coefficient (Wildman–Crippen LogP) is 4.51. The molecule has 0 amide bonds. The lowest BCUT2D eigenvalue weighted by atomic mass is 9.81. The number of nitrogens with zero attached hydrogens (tertiary/aromatic N) is 2. The van der Waals surface area contributed by atoms with Crippen molar-refractivity contribution in [2.45, 2.75) is 31.7 Å². The number of hydrogen-bond acceptors (Lipinski definition) is 1. The molecule has 1 heterocycles. The Kier molecular flexibility index (Phi) is 2.91. The Balaban J connectivity index is 2.15. The van der Waals surface area contributed by atoms with Crippen LogP contribution in [-0.4, -0.2) is 9.55 Å². The van der Waals surface area contributed by atoms with Crippen LogP contribution in [0.3, 0.4) is 0 Å². The van der Waals surface area contributed by atoms with Crippen LogP contribution in [0.25, 0.3) is 11.0 Å². The molecule has 0 aliphatic heterocycles. The van der Waals surface area contributed by atoms with E-state index in [1.54, 1.807) is 0 Å². The first-order chi connectivity index (χ1) is 8.19. The fourth-order valence-corrected chi connectivity index (χ4v) is 3.23. The van der Waals surface area contributed by atoms with Crippen molar-refractivity contribution in [3.63, 3.8) is 0 Å². The van der Waals surface area contributed by atoms with E-state index >= 15 is 0 Å². The Morgan fingerprint density at radius 3 is 2.88 bits per heavy atom. The molecule has 1 aromatic carbocycles. The van der Waals surface area contributed by atoms with Gasteiger partial charge in [0.05, 0.1) is 16.9 Å². The number of imidazole rings is 1. The highest BCUT2D eigenvalue weighted by atomic mass is 79.9. The van der Waals surface area contributed by atoms with Crippen molar-refractivity contribution in [1.29, 1.82) is 0 Å². The van der Waals surface area contributed by atoms with Crippen molar-refractivity contribution in [2.24, 2.45) is 5.92 Å². The van der Waals surface area contributed by atoms with Gasteiger partial charge in [-0.25, -0.2) is 4.98 Å². The molecule has 4 heteroatoms. The Bertz CT molecular complexity index is 558. The molecule has 0 N–H and O–H groups in total. The molecule has 1 aliphatic carbocycles. The lowest BCUT2D eigenvalue weighted by Gasteiger charge is -2.35. The van der Waals surface area contributed by atoms with Gasteiger partial charge in [-0.2, -0.15) is 0 Å². The van der Waals surface area contributed by atoms with Crippen LogP contribution in [0, 0.1) is 5.92 Å². The molecular weight excluding hydrogens is 300 g/mol. The van der Waals surface area contributed by atoms with Crippen LogP contribution in [0.5, 0.6) is 0 Å². The Morgan fingerprint density at radius 2 is 2.24 bits per heavy atom. The highest BCUT2D eigenvalue weighted by molar-refractivity contribution is 9.10. The van der Waals surface area contributed by atoms with E-state index in [2.05, 4.69) is 38.5 Å². The second-order valence-electron chi connectivity index (χ2n) is 4.90. The van der Waals surface area contributed by atoms with Crippen molar-refractivity contribution < 1.29 is 0 Å². The molecule has 0 radical (unpaired) electrons. The summed E-state index contributed by atoms with van der Waals surface area (Å²) in [6.45, 7) is 2.30. The smallest absolute Gasteiger partial charge is 0.125 e. The van der Waals surface area contributed by atoms with Gasteiger partial charge < -0.3 is 4.57 Å². The summed E-state index contributed by atoms with van der Waals surface area (Å²) < 4.78 is 3.42. The van der Waals surface area contributed by atoms with Crippen molar-refractivity contribution in [1.82, 2.24) is 9.55 Å². The largest absolute Gasteiger partial charge is 0.324 e. The number of hydrogen-bond donors (Lipinski definition) is 0. The maximum atomic E-state index is 6.01. The molecule has 1 saturated carbocycles. The molecule has 0 unspecified atom stereocenters. The number of aromatic nitrogens is 2. The normalized spacial score (nSPS) is 23.9. The van der Waals surface area contributed by atoms with Gasteiger partial charge in [-0.1, -0.05) is 22.9 Å². The molecule has 17 heavy (non-hydrogen) atoms. The second kappa shape index (κ2) is 4.29. The highest BCUT2D eigenvalue weighted by Gasteiger charge is 2.29. The van der Waals surface area contributed by atoms with Crippen LogP contribution < -0.4 is 0 Å². The van der Waals surface area contributed by atoms with E-state index in [-0.39, 0.29) is 0 Å². The minimum atomic E-state index is 0.483. The lowest BCUT2D eigenvalue weighted by molar-refractivity contribution is 0.217. The van der Waals surface area contributed by atoms with E-state index in [1.165, 1.54) is 18.4 Å². The van der Waals surface area contributed by atoms with Crippen LogP contribution in [0.15, 0.2) is 22.7 Å². The minimum absolute atomic E-state index is 0.483. The number of halogens is 2. The average Bonchev–Trinajstić information content (AvgIpc) is 2.62. The summed E-state index contributed by atoms with van der Waals surface area (Å²) in [7, 11) is 0. The topological polar surface area (TPSA) is 17.8 Å². The quantitative estimate of drug-likeness (QED) is 0.746. The predicted molar refractivity (Wildman–Crippen MR) is 74.4 cm³/mol. The number of alkyl halides is 1. The number of benzene rings is 1. The molecule has 0 bridgehead atoms. The van der Waals surface area contributed by atoms with Gasteiger partial charge in [0, 0.05) is 10.5 Å². The molecule has 1 aliphatic rings. The molecule has 2 aromatic rings. The first kappa shape index (κ1) is 11.5. The van der Waals surface area contributed by atoms with E-state index in [1.807, 2.05) is 12.1 Å². The van der Waals surface area contributed by atoms with Gasteiger partial charge in [-0.3, -0.25) is 0 Å². The molecule has 90 valence electrons. The second-order valence-corrected chi connectivity index (χ2v) is 6.08. The highest BCUT2D eigenvalue weighted by Crippen LogP contribution is 2.40. The molecule has 2 nitrogen and oxygen atoms in total. The average molecular weight is 314 g/mol. The third kappa shape index (κ3) is 1.89. The summed E-state index contributed by atoms with van der Waals surface area (Å²) in [4.78, 5) is 4.61. The van der Waals surface area contributed by atoms with Crippen molar-refractivity contribution in [3.05, 3.63) is 28.5 Å².